The Hall–Kier alpha value is -2.83. The molecule has 1 aliphatic heterocycles. The number of amides is 3. The number of nitrogens with zero attached hydrogens (tertiary/aromatic N) is 2. The number of hydrogen-bond acceptors (Lipinski definition) is 4. The lowest BCUT2D eigenvalue weighted by molar-refractivity contribution is -0.131. The third kappa shape index (κ3) is 8.27. The van der Waals surface area contributed by atoms with E-state index in [0.29, 0.717) is 26.2 Å². The molecule has 7 heteroatoms. The van der Waals surface area contributed by atoms with Crippen molar-refractivity contribution in [1.82, 2.24) is 15.1 Å². The van der Waals surface area contributed by atoms with E-state index in [4.69, 9.17) is 4.74 Å². The van der Waals surface area contributed by atoms with Crippen molar-refractivity contribution in [3.63, 3.8) is 0 Å². The number of hydrogen-bond donors (Lipinski definition) is 1. The molecule has 0 atom stereocenters. The zero-order valence-electron chi connectivity index (χ0n) is 18.4. The molecule has 1 heterocycles. The molecule has 1 aromatic carbocycles. The number of carbonyl (C=O) groups is 3. The van der Waals surface area contributed by atoms with Crippen LogP contribution in [-0.2, 0) is 14.3 Å². The van der Waals surface area contributed by atoms with E-state index in [1.807, 2.05) is 37.3 Å². The van der Waals surface area contributed by atoms with Gasteiger partial charge < -0.3 is 19.9 Å². The lowest BCUT2D eigenvalue weighted by Crippen LogP contribution is -2.39. The van der Waals surface area contributed by atoms with Crippen LogP contribution in [0.1, 0.15) is 44.7 Å². The highest BCUT2D eigenvalue weighted by Gasteiger charge is 2.21. The molecule has 1 aromatic rings. The summed E-state index contributed by atoms with van der Waals surface area (Å²) in [6, 6.07) is 7.98. The van der Waals surface area contributed by atoms with Crippen LogP contribution in [-0.4, -0.2) is 66.0 Å². The Labute approximate surface area is 179 Å². The Balaban J connectivity index is 1.76. The van der Waals surface area contributed by atoms with Crippen molar-refractivity contribution < 1.29 is 19.1 Å². The van der Waals surface area contributed by atoms with Gasteiger partial charge in [-0.15, -0.1) is 0 Å². The summed E-state index contributed by atoms with van der Waals surface area (Å²) in [6.45, 7) is 9.85. The molecular formula is C23H33N3O4. The highest BCUT2D eigenvalue weighted by molar-refractivity contribution is 5.91. The Morgan fingerprint density at radius 3 is 2.33 bits per heavy atom. The monoisotopic (exact) mass is 415 g/mol. The number of ether oxygens (including phenoxy) is 1. The third-order valence-electron chi connectivity index (χ3n) is 4.66. The van der Waals surface area contributed by atoms with Crippen molar-refractivity contribution in [3.05, 3.63) is 41.5 Å². The number of rotatable bonds is 5. The van der Waals surface area contributed by atoms with Crippen LogP contribution in [0.5, 0.6) is 0 Å². The molecule has 30 heavy (non-hydrogen) atoms. The van der Waals surface area contributed by atoms with Crippen LogP contribution in [0, 0.1) is 6.92 Å². The maximum absolute atomic E-state index is 12.5. The van der Waals surface area contributed by atoms with E-state index in [1.54, 1.807) is 36.6 Å². The van der Waals surface area contributed by atoms with Gasteiger partial charge in [0.05, 0.1) is 0 Å². The quantitative estimate of drug-likeness (QED) is 0.750. The van der Waals surface area contributed by atoms with Gasteiger partial charge in [-0.25, -0.2) is 4.79 Å². The SMILES string of the molecule is Cc1ccc(/C=C/C(=O)N2CCCN(C(=O)CCNC(=O)OC(C)(C)C)CC2)cc1. The van der Waals surface area contributed by atoms with E-state index in [9.17, 15) is 14.4 Å². The fourth-order valence-electron chi connectivity index (χ4n) is 3.08. The van der Waals surface area contributed by atoms with Crippen molar-refractivity contribution >= 4 is 24.0 Å². The molecule has 0 spiro atoms. The standard InChI is InChI=1S/C23H33N3O4/c1-18-6-8-19(9-7-18)10-11-20(27)25-14-5-15-26(17-16-25)21(28)12-13-24-22(29)30-23(2,3)4/h6-11H,5,12-17H2,1-4H3,(H,24,29)/b11-10+. The highest BCUT2D eigenvalue weighted by atomic mass is 16.6. The summed E-state index contributed by atoms with van der Waals surface area (Å²) >= 11 is 0. The second-order valence-electron chi connectivity index (χ2n) is 8.48. The minimum Gasteiger partial charge on any atom is -0.444 e. The van der Waals surface area contributed by atoms with Gasteiger partial charge in [0.15, 0.2) is 0 Å². The Morgan fingerprint density at radius 1 is 1.03 bits per heavy atom. The van der Waals surface area contributed by atoms with Crippen molar-refractivity contribution in [3.8, 4) is 0 Å². The predicted molar refractivity (Wildman–Crippen MR) is 117 cm³/mol. The zero-order valence-corrected chi connectivity index (χ0v) is 18.4. The summed E-state index contributed by atoms with van der Waals surface area (Å²) in [5, 5.41) is 2.61. The van der Waals surface area contributed by atoms with Gasteiger partial charge in [-0.3, -0.25) is 9.59 Å². The second kappa shape index (κ2) is 10.8. The fraction of sp³-hybridized carbons (Fsp3) is 0.522. The average molecular weight is 416 g/mol. The van der Waals surface area contributed by atoms with Gasteiger partial charge in [-0.2, -0.15) is 0 Å². The highest BCUT2D eigenvalue weighted by Crippen LogP contribution is 2.09. The van der Waals surface area contributed by atoms with E-state index < -0.39 is 11.7 Å². The summed E-state index contributed by atoms with van der Waals surface area (Å²) in [4.78, 5) is 40.1. The van der Waals surface area contributed by atoms with Crippen molar-refractivity contribution in [2.45, 2.75) is 46.1 Å². The summed E-state index contributed by atoms with van der Waals surface area (Å²) in [7, 11) is 0. The smallest absolute Gasteiger partial charge is 0.407 e. The predicted octanol–water partition coefficient (Wildman–Crippen LogP) is 2.98. The van der Waals surface area contributed by atoms with E-state index in [0.717, 1.165) is 12.0 Å². The fourth-order valence-corrected chi connectivity index (χ4v) is 3.08. The van der Waals surface area contributed by atoms with E-state index in [1.165, 1.54) is 5.56 Å². The minimum atomic E-state index is -0.567. The number of nitrogens with one attached hydrogen (secondary N) is 1. The van der Waals surface area contributed by atoms with Crippen molar-refractivity contribution in [1.29, 1.82) is 0 Å². The molecule has 1 fully saturated rings. The van der Waals surface area contributed by atoms with Gasteiger partial charge >= 0.3 is 6.09 Å². The lowest BCUT2D eigenvalue weighted by Gasteiger charge is -2.22. The first kappa shape index (κ1) is 23.4. The number of carbonyl (C=O) groups excluding carboxylic acids is 3. The largest absolute Gasteiger partial charge is 0.444 e. The molecule has 0 bridgehead atoms. The summed E-state index contributed by atoms with van der Waals surface area (Å²) in [6.07, 6.45) is 3.82. The van der Waals surface area contributed by atoms with Gasteiger partial charge in [0.1, 0.15) is 5.60 Å². The van der Waals surface area contributed by atoms with Crippen LogP contribution in [0.4, 0.5) is 4.79 Å². The first-order chi connectivity index (χ1) is 14.1. The Kier molecular flexibility index (Phi) is 8.45. The van der Waals surface area contributed by atoms with Gasteiger partial charge in [0, 0.05) is 45.2 Å². The van der Waals surface area contributed by atoms with E-state index in [2.05, 4.69) is 5.32 Å². The minimum absolute atomic E-state index is 0.0319. The molecule has 0 unspecified atom stereocenters. The Bertz CT molecular complexity index is 766. The average Bonchev–Trinajstić information content (AvgIpc) is 2.92. The summed E-state index contributed by atoms with van der Waals surface area (Å²) in [5.74, 6) is -0.0768. The summed E-state index contributed by atoms with van der Waals surface area (Å²) in [5.41, 5.74) is 1.60. The molecule has 1 saturated heterocycles. The molecule has 7 nitrogen and oxygen atoms in total. The van der Waals surface area contributed by atoms with E-state index >= 15 is 0 Å². The van der Waals surface area contributed by atoms with Crippen LogP contribution in [0.15, 0.2) is 30.3 Å². The Morgan fingerprint density at radius 2 is 1.67 bits per heavy atom. The normalized spacial score (nSPS) is 15.1. The van der Waals surface area contributed by atoms with Crippen molar-refractivity contribution in [2.24, 2.45) is 0 Å². The van der Waals surface area contributed by atoms with E-state index in [-0.39, 0.29) is 24.8 Å². The molecule has 2 rings (SSSR count). The molecule has 1 N–H and O–H groups in total. The number of alkyl carbamates (subject to hydrolysis) is 1. The van der Waals surface area contributed by atoms with Crippen molar-refractivity contribution in [2.75, 3.05) is 32.7 Å². The maximum atomic E-state index is 12.5. The van der Waals surface area contributed by atoms with Gasteiger partial charge in [0.2, 0.25) is 11.8 Å². The van der Waals surface area contributed by atoms with Crippen LogP contribution >= 0.6 is 0 Å². The van der Waals surface area contributed by atoms with Crippen LogP contribution < -0.4 is 5.32 Å². The topological polar surface area (TPSA) is 79.0 Å². The van der Waals surface area contributed by atoms with Gasteiger partial charge in [0.25, 0.3) is 0 Å². The van der Waals surface area contributed by atoms with Gasteiger partial charge in [-0.05, 0) is 45.8 Å². The van der Waals surface area contributed by atoms with Crippen LogP contribution in [0.3, 0.4) is 0 Å². The second-order valence-corrected chi connectivity index (χ2v) is 8.48. The summed E-state index contributed by atoms with van der Waals surface area (Å²) < 4.78 is 5.16. The first-order valence-electron chi connectivity index (χ1n) is 10.4. The molecular weight excluding hydrogens is 382 g/mol. The molecule has 0 saturated carbocycles. The first-order valence-corrected chi connectivity index (χ1v) is 10.4. The lowest BCUT2D eigenvalue weighted by atomic mass is 10.1. The molecule has 0 radical (unpaired) electrons. The third-order valence-corrected chi connectivity index (χ3v) is 4.66. The van der Waals surface area contributed by atoms with Crippen LogP contribution in [0.2, 0.25) is 0 Å². The number of benzene rings is 1. The molecule has 164 valence electrons. The maximum Gasteiger partial charge on any atom is 0.407 e. The molecule has 3 amide bonds. The molecule has 0 aliphatic carbocycles. The van der Waals surface area contributed by atoms with Crippen LogP contribution in [0.25, 0.3) is 6.08 Å². The van der Waals surface area contributed by atoms with Gasteiger partial charge in [-0.1, -0.05) is 29.8 Å². The molecule has 0 aromatic heterocycles. The zero-order chi connectivity index (χ0) is 22.1. The number of aryl methyl sites for hydroxylation is 1. The molecule has 1 aliphatic rings.